The Morgan fingerprint density at radius 1 is 1.06 bits per heavy atom. The molecule has 1 fully saturated rings. The van der Waals surface area contributed by atoms with Crippen LogP contribution in [0.15, 0.2) is 65.6 Å². The van der Waals surface area contributed by atoms with Gasteiger partial charge in [0.1, 0.15) is 6.17 Å². The summed E-state index contributed by atoms with van der Waals surface area (Å²) in [7, 11) is 1.08. The molecule has 0 unspecified atom stereocenters. The van der Waals surface area contributed by atoms with Crippen LogP contribution in [-0.4, -0.2) is 54.7 Å². The molecule has 2 aromatic carbocycles. The van der Waals surface area contributed by atoms with Crippen molar-refractivity contribution < 1.29 is 32.6 Å². The van der Waals surface area contributed by atoms with Crippen LogP contribution < -0.4 is 15.2 Å². The number of fused-ring (bicyclic) bond motifs is 2. The molecule has 0 aliphatic carbocycles. The van der Waals surface area contributed by atoms with Gasteiger partial charge in [-0.25, -0.2) is 13.6 Å². The molecule has 36 heavy (non-hydrogen) atoms. The maximum absolute atomic E-state index is 14.4. The Balaban J connectivity index is 1.78. The van der Waals surface area contributed by atoms with Crippen molar-refractivity contribution in [3.63, 3.8) is 0 Å². The van der Waals surface area contributed by atoms with Crippen molar-refractivity contribution in [2.75, 3.05) is 31.9 Å². The van der Waals surface area contributed by atoms with Gasteiger partial charge in [0.15, 0.2) is 17.3 Å². The van der Waals surface area contributed by atoms with Gasteiger partial charge in [0.2, 0.25) is 11.2 Å². The lowest BCUT2D eigenvalue weighted by Gasteiger charge is -2.51. The summed E-state index contributed by atoms with van der Waals surface area (Å²) in [6.07, 6.45) is -0.461. The highest BCUT2D eigenvalue weighted by Gasteiger charge is 2.45. The summed E-state index contributed by atoms with van der Waals surface area (Å²) in [5.41, 5.74) is 0.189. The molecule has 2 aliphatic rings. The van der Waals surface area contributed by atoms with E-state index in [1.807, 2.05) is 18.2 Å². The highest BCUT2D eigenvalue weighted by Crippen LogP contribution is 2.36. The Morgan fingerprint density at radius 3 is 2.56 bits per heavy atom. The van der Waals surface area contributed by atoms with Gasteiger partial charge in [-0.3, -0.25) is 19.3 Å². The molecule has 2 atom stereocenters. The highest BCUT2D eigenvalue weighted by molar-refractivity contribution is 5.97. The van der Waals surface area contributed by atoms with Crippen LogP contribution >= 0.6 is 0 Å². The number of morpholine rings is 1. The van der Waals surface area contributed by atoms with E-state index in [-0.39, 0.29) is 25.5 Å². The highest BCUT2D eigenvalue weighted by atomic mass is 19.2. The number of halogens is 2. The number of amides is 1. The standard InChI is InChI=1S/C25H21F2N3O6/c1-34-25(33)36-23-19(31)9-10-29-22(23)24(32)28-11-12-35-14-20(28)30(29)21(15-5-3-2-4-6-15)16-7-8-17(26)18(27)13-16/h2-10,13,20-21H,11-12,14H2,1H3/t20-,21-/m1/s1. The molecule has 0 radical (unpaired) electrons. The predicted molar refractivity (Wildman–Crippen MR) is 122 cm³/mol. The zero-order valence-electron chi connectivity index (χ0n) is 19.1. The van der Waals surface area contributed by atoms with E-state index < -0.39 is 47.1 Å². The van der Waals surface area contributed by atoms with Crippen LogP contribution in [0.4, 0.5) is 13.6 Å². The number of hydrogen-bond acceptors (Lipinski definition) is 7. The van der Waals surface area contributed by atoms with E-state index in [9.17, 15) is 23.2 Å². The monoisotopic (exact) mass is 497 g/mol. The molecule has 1 amide bonds. The SMILES string of the molecule is COC(=O)Oc1c2n(ccc1=O)N([C@H](c1ccccc1)c1ccc(F)c(F)c1)[C@@H]1COCCN1C2=O. The number of pyridine rings is 1. The summed E-state index contributed by atoms with van der Waals surface area (Å²) < 4.78 is 45.0. The second kappa shape index (κ2) is 9.42. The quantitative estimate of drug-likeness (QED) is 0.512. The average Bonchev–Trinajstić information content (AvgIpc) is 2.90. The van der Waals surface area contributed by atoms with E-state index in [1.165, 1.54) is 21.8 Å². The fourth-order valence-corrected chi connectivity index (χ4v) is 4.56. The minimum atomic E-state index is -1.16. The number of methoxy groups -OCH3 is 1. The number of benzene rings is 2. The van der Waals surface area contributed by atoms with E-state index in [2.05, 4.69) is 4.74 Å². The van der Waals surface area contributed by atoms with Crippen LogP contribution in [0.2, 0.25) is 0 Å². The third kappa shape index (κ3) is 3.97. The Hall–Kier alpha value is -4.25. The molecule has 11 heteroatoms. The van der Waals surface area contributed by atoms with Crippen LogP contribution in [0, 0.1) is 11.6 Å². The molecule has 3 aromatic rings. The van der Waals surface area contributed by atoms with Crippen LogP contribution in [0.1, 0.15) is 27.7 Å². The molecule has 0 bridgehead atoms. The van der Waals surface area contributed by atoms with Gasteiger partial charge < -0.3 is 19.1 Å². The van der Waals surface area contributed by atoms with Gasteiger partial charge in [-0.1, -0.05) is 36.4 Å². The van der Waals surface area contributed by atoms with Gasteiger partial charge in [-0.15, -0.1) is 0 Å². The third-order valence-electron chi connectivity index (χ3n) is 6.15. The van der Waals surface area contributed by atoms with Gasteiger partial charge in [-0.2, -0.15) is 0 Å². The molecule has 0 N–H and O–H groups in total. The van der Waals surface area contributed by atoms with E-state index in [4.69, 9.17) is 9.47 Å². The lowest BCUT2D eigenvalue weighted by atomic mass is 9.96. The lowest BCUT2D eigenvalue weighted by molar-refractivity contribution is -0.0197. The van der Waals surface area contributed by atoms with Gasteiger partial charge in [0.25, 0.3) is 5.91 Å². The number of carbonyl (C=O) groups excluding carboxylic acids is 2. The number of nitrogens with zero attached hydrogens (tertiary/aromatic N) is 3. The third-order valence-corrected chi connectivity index (χ3v) is 6.15. The van der Waals surface area contributed by atoms with Gasteiger partial charge in [0, 0.05) is 18.8 Å². The summed E-state index contributed by atoms with van der Waals surface area (Å²) >= 11 is 0. The zero-order valence-corrected chi connectivity index (χ0v) is 19.1. The molecule has 2 aliphatic heterocycles. The summed E-state index contributed by atoms with van der Waals surface area (Å²) in [4.78, 5) is 39.7. The average molecular weight is 497 g/mol. The molecule has 9 nitrogen and oxygen atoms in total. The maximum atomic E-state index is 14.4. The molecule has 0 spiro atoms. The molecule has 0 saturated carbocycles. The van der Waals surface area contributed by atoms with Gasteiger partial charge in [0.05, 0.1) is 26.4 Å². The molecule has 1 saturated heterocycles. The van der Waals surface area contributed by atoms with Crippen molar-refractivity contribution in [2.24, 2.45) is 0 Å². The largest absolute Gasteiger partial charge is 0.513 e. The van der Waals surface area contributed by atoms with Crippen LogP contribution in [0.5, 0.6) is 5.75 Å². The number of ether oxygens (including phenoxy) is 3. The Bertz CT molecular complexity index is 1380. The fourth-order valence-electron chi connectivity index (χ4n) is 4.56. The first-order chi connectivity index (χ1) is 17.4. The lowest BCUT2D eigenvalue weighted by Crippen LogP contribution is -2.66. The summed E-state index contributed by atoms with van der Waals surface area (Å²) in [5, 5.41) is 1.72. The zero-order chi connectivity index (χ0) is 25.4. The van der Waals surface area contributed by atoms with Crippen molar-refractivity contribution in [1.82, 2.24) is 9.58 Å². The van der Waals surface area contributed by atoms with E-state index >= 15 is 0 Å². The fraction of sp³-hybridized carbons (Fsp3) is 0.240. The number of hydrogen-bond donors (Lipinski definition) is 0. The minimum Gasteiger partial charge on any atom is -0.437 e. The van der Waals surface area contributed by atoms with E-state index in [1.54, 1.807) is 17.1 Å². The first-order valence-corrected chi connectivity index (χ1v) is 11.1. The van der Waals surface area contributed by atoms with Crippen molar-refractivity contribution in [2.45, 2.75) is 12.2 Å². The smallest absolute Gasteiger partial charge is 0.437 e. The summed E-state index contributed by atoms with van der Waals surface area (Å²) in [5.74, 6) is -3.08. The van der Waals surface area contributed by atoms with Crippen molar-refractivity contribution in [3.05, 3.63) is 99.5 Å². The van der Waals surface area contributed by atoms with E-state index in [0.717, 1.165) is 25.3 Å². The maximum Gasteiger partial charge on any atom is 0.513 e. The number of carbonyl (C=O) groups is 2. The predicted octanol–water partition coefficient (Wildman–Crippen LogP) is 2.81. The summed E-state index contributed by atoms with van der Waals surface area (Å²) in [6, 6.07) is 13.0. The minimum absolute atomic E-state index is 0.109. The normalized spacial score (nSPS) is 17.8. The molecule has 5 rings (SSSR count). The summed E-state index contributed by atoms with van der Waals surface area (Å²) in [6.45, 7) is 0.555. The topological polar surface area (TPSA) is 90.3 Å². The second-order valence-corrected chi connectivity index (χ2v) is 8.18. The van der Waals surface area contributed by atoms with Crippen molar-refractivity contribution >= 4 is 12.1 Å². The Morgan fingerprint density at radius 2 is 1.83 bits per heavy atom. The first kappa shape index (κ1) is 23.5. The van der Waals surface area contributed by atoms with Crippen LogP contribution in [0.25, 0.3) is 0 Å². The van der Waals surface area contributed by atoms with Crippen LogP contribution in [0.3, 0.4) is 0 Å². The molecular weight excluding hydrogens is 476 g/mol. The van der Waals surface area contributed by atoms with Crippen molar-refractivity contribution in [3.8, 4) is 5.75 Å². The molecule has 186 valence electrons. The van der Waals surface area contributed by atoms with Crippen molar-refractivity contribution in [1.29, 1.82) is 0 Å². The number of aromatic nitrogens is 1. The van der Waals surface area contributed by atoms with Crippen LogP contribution in [-0.2, 0) is 9.47 Å². The molecule has 1 aromatic heterocycles. The second-order valence-electron chi connectivity index (χ2n) is 8.18. The van der Waals surface area contributed by atoms with Gasteiger partial charge in [-0.05, 0) is 23.3 Å². The van der Waals surface area contributed by atoms with E-state index in [0.29, 0.717) is 11.1 Å². The molecule has 3 heterocycles. The van der Waals surface area contributed by atoms with Gasteiger partial charge >= 0.3 is 6.16 Å². The Kier molecular flexibility index (Phi) is 6.15. The Labute approximate surface area is 204 Å². The number of rotatable bonds is 4. The first-order valence-electron chi connectivity index (χ1n) is 11.1. The molecular formula is C25H21F2N3O6.